The fourth-order valence-electron chi connectivity index (χ4n) is 1.31. The van der Waals surface area contributed by atoms with Crippen molar-refractivity contribution in [3.05, 3.63) is 22.4 Å². The fraction of sp³-hybridized carbons (Fsp3) is 0.400. The first-order valence-electron chi connectivity index (χ1n) is 4.24. The van der Waals surface area contributed by atoms with E-state index in [2.05, 4.69) is 4.98 Å². The Morgan fingerprint density at radius 3 is 2.29 bits per heavy atom. The molecule has 1 rings (SSSR count). The molecule has 1 aromatic heterocycles. The molecule has 4 heteroatoms. The van der Waals surface area contributed by atoms with E-state index >= 15 is 0 Å². The number of aryl methyl sites for hydroxylation is 1. The molecule has 0 aromatic carbocycles. The van der Waals surface area contributed by atoms with Crippen LogP contribution in [-0.4, -0.2) is 23.2 Å². The maximum Gasteiger partial charge on any atom is 0.341 e. The van der Waals surface area contributed by atoms with Gasteiger partial charge in [-0.1, -0.05) is 0 Å². The van der Waals surface area contributed by atoms with Crippen LogP contribution in [0.25, 0.3) is 0 Å². The lowest BCUT2D eigenvalue weighted by Gasteiger charge is -2.11. The summed E-state index contributed by atoms with van der Waals surface area (Å²) in [6.45, 7) is 5.44. The van der Waals surface area contributed by atoms with Crippen LogP contribution in [0.5, 0.6) is 5.88 Å². The molecule has 1 aromatic rings. The summed E-state index contributed by atoms with van der Waals surface area (Å²) in [6, 6.07) is 0. The number of carboxylic acids is 1. The van der Waals surface area contributed by atoms with Crippen LogP contribution in [-0.2, 0) is 0 Å². The van der Waals surface area contributed by atoms with E-state index in [1.165, 1.54) is 7.11 Å². The van der Waals surface area contributed by atoms with E-state index in [0.717, 1.165) is 11.3 Å². The lowest BCUT2D eigenvalue weighted by molar-refractivity contribution is 0.0691. The molecule has 0 spiro atoms. The SMILES string of the molecule is COc1nc(C)c(C)c(C)c1C(=O)O. The number of ether oxygens (including phenoxy) is 1. The summed E-state index contributed by atoms with van der Waals surface area (Å²) in [7, 11) is 1.42. The number of carbonyl (C=O) groups is 1. The van der Waals surface area contributed by atoms with Gasteiger partial charge in [0.15, 0.2) is 0 Å². The van der Waals surface area contributed by atoms with Crippen molar-refractivity contribution >= 4 is 5.97 Å². The third-order valence-corrected chi connectivity index (χ3v) is 2.37. The van der Waals surface area contributed by atoms with Crippen molar-refractivity contribution in [2.75, 3.05) is 7.11 Å². The highest BCUT2D eigenvalue weighted by molar-refractivity contribution is 5.92. The van der Waals surface area contributed by atoms with Crippen LogP contribution < -0.4 is 4.74 Å². The molecule has 0 saturated carbocycles. The molecular weight excluding hydrogens is 182 g/mol. The van der Waals surface area contributed by atoms with E-state index in [1.807, 2.05) is 13.8 Å². The second-order valence-corrected chi connectivity index (χ2v) is 3.14. The molecule has 0 aliphatic heterocycles. The third kappa shape index (κ3) is 1.55. The zero-order valence-corrected chi connectivity index (χ0v) is 8.71. The summed E-state index contributed by atoms with van der Waals surface area (Å²) in [5.74, 6) is -0.826. The van der Waals surface area contributed by atoms with Crippen LogP contribution >= 0.6 is 0 Å². The van der Waals surface area contributed by atoms with Gasteiger partial charge in [0.2, 0.25) is 5.88 Å². The molecule has 1 N–H and O–H groups in total. The molecule has 0 saturated heterocycles. The minimum atomic E-state index is -1.00. The van der Waals surface area contributed by atoms with Gasteiger partial charge < -0.3 is 9.84 Å². The van der Waals surface area contributed by atoms with Gasteiger partial charge in [0.25, 0.3) is 0 Å². The highest BCUT2D eigenvalue weighted by atomic mass is 16.5. The Morgan fingerprint density at radius 2 is 1.86 bits per heavy atom. The first-order valence-corrected chi connectivity index (χ1v) is 4.24. The van der Waals surface area contributed by atoms with Crippen molar-refractivity contribution in [2.24, 2.45) is 0 Å². The van der Waals surface area contributed by atoms with Gasteiger partial charge in [0.1, 0.15) is 5.56 Å². The van der Waals surface area contributed by atoms with E-state index in [0.29, 0.717) is 5.56 Å². The molecule has 0 unspecified atom stereocenters. The number of hydrogen-bond donors (Lipinski definition) is 1. The smallest absolute Gasteiger partial charge is 0.341 e. The average Bonchev–Trinajstić information content (AvgIpc) is 2.12. The second-order valence-electron chi connectivity index (χ2n) is 3.14. The van der Waals surface area contributed by atoms with Gasteiger partial charge in [-0.2, -0.15) is 0 Å². The molecular formula is C10H13NO3. The monoisotopic (exact) mass is 195 g/mol. The molecule has 0 radical (unpaired) electrons. The summed E-state index contributed by atoms with van der Waals surface area (Å²) in [6.07, 6.45) is 0. The second kappa shape index (κ2) is 3.65. The van der Waals surface area contributed by atoms with Crippen molar-refractivity contribution < 1.29 is 14.6 Å². The quantitative estimate of drug-likeness (QED) is 0.780. The Labute approximate surface area is 82.5 Å². The Hall–Kier alpha value is -1.58. The summed E-state index contributed by atoms with van der Waals surface area (Å²) in [5, 5.41) is 8.97. The number of aromatic carboxylic acids is 1. The number of rotatable bonds is 2. The van der Waals surface area contributed by atoms with Gasteiger partial charge in [0, 0.05) is 5.69 Å². The number of methoxy groups -OCH3 is 1. The minimum absolute atomic E-state index is 0.149. The highest BCUT2D eigenvalue weighted by Gasteiger charge is 2.18. The largest absolute Gasteiger partial charge is 0.480 e. The van der Waals surface area contributed by atoms with E-state index in [9.17, 15) is 4.79 Å². The fourth-order valence-corrected chi connectivity index (χ4v) is 1.31. The van der Waals surface area contributed by atoms with Gasteiger partial charge in [-0.15, -0.1) is 0 Å². The van der Waals surface area contributed by atoms with Crippen LogP contribution in [0.1, 0.15) is 27.2 Å². The maximum absolute atomic E-state index is 10.9. The zero-order chi connectivity index (χ0) is 10.9. The number of hydrogen-bond acceptors (Lipinski definition) is 3. The molecule has 14 heavy (non-hydrogen) atoms. The van der Waals surface area contributed by atoms with Gasteiger partial charge >= 0.3 is 5.97 Å². The van der Waals surface area contributed by atoms with E-state index < -0.39 is 5.97 Å². The van der Waals surface area contributed by atoms with Crippen molar-refractivity contribution in [3.63, 3.8) is 0 Å². The lowest BCUT2D eigenvalue weighted by Crippen LogP contribution is -2.08. The normalized spacial score (nSPS) is 10.0. The summed E-state index contributed by atoms with van der Waals surface area (Å²) < 4.78 is 4.93. The number of pyridine rings is 1. The maximum atomic E-state index is 10.9. The molecule has 4 nitrogen and oxygen atoms in total. The minimum Gasteiger partial charge on any atom is -0.480 e. The molecule has 0 bridgehead atoms. The highest BCUT2D eigenvalue weighted by Crippen LogP contribution is 2.24. The Morgan fingerprint density at radius 1 is 1.29 bits per heavy atom. The zero-order valence-electron chi connectivity index (χ0n) is 8.71. The van der Waals surface area contributed by atoms with Crippen molar-refractivity contribution in [1.29, 1.82) is 0 Å². The topological polar surface area (TPSA) is 59.4 Å². The summed E-state index contributed by atoms with van der Waals surface area (Å²) in [5.41, 5.74) is 2.55. The van der Waals surface area contributed by atoms with Crippen LogP contribution in [0.3, 0.4) is 0 Å². The number of nitrogens with zero attached hydrogens (tertiary/aromatic N) is 1. The first-order chi connectivity index (χ1) is 6.49. The molecule has 0 fully saturated rings. The number of carboxylic acid groups (broad SMARTS) is 1. The summed E-state index contributed by atoms with van der Waals surface area (Å²) >= 11 is 0. The molecule has 0 atom stereocenters. The van der Waals surface area contributed by atoms with E-state index in [1.54, 1.807) is 6.92 Å². The van der Waals surface area contributed by atoms with Gasteiger partial charge in [-0.3, -0.25) is 0 Å². The predicted molar refractivity (Wildman–Crippen MR) is 52.0 cm³/mol. The van der Waals surface area contributed by atoms with Crippen molar-refractivity contribution in [1.82, 2.24) is 4.98 Å². The van der Waals surface area contributed by atoms with Crippen LogP contribution in [0, 0.1) is 20.8 Å². The Bertz CT molecular complexity index is 385. The van der Waals surface area contributed by atoms with E-state index in [4.69, 9.17) is 9.84 Å². The molecule has 0 aliphatic rings. The van der Waals surface area contributed by atoms with Crippen LogP contribution in [0.15, 0.2) is 0 Å². The lowest BCUT2D eigenvalue weighted by atomic mass is 10.0. The van der Waals surface area contributed by atoms with Crippen molar-refractivity contribution in [3.8, 4) is 5.88 Å². The number of aromatic nitrogens is 1. The average molecular weight is 195 g/mol. The molecule has 0 amide bonds. The third-order valence-electron chi connectivity index (χ3n) is 2.37. The predicted octanol–water partition coefficient (Wildman–Crippen LogP) is 1.71. The Kier molecular flexibility index (Phi) is 2.74. The van der Waals surface area contributed by atoms with E-state index in [-0.39, 0.29) is 11.4 Å². The van der Waals surface area contributed by atoms with Gasteiger partial charge in [-0.05, 0) is 31.9 Å². The summed E-state index contributed by atoms with van der Waals surface area (Å²) in [4.78, 5) is 15.0. The van der Waals surface area contributed by atoms with Gasteiger partial charge in [-0.25, -0.2) is 9.78 Å². The van der Waals surface area contributed by atoms with Crippen LogP contribution in [0.2, 0.25) is 0 Å². The van der Waals surface area contributed by atoms with Crippen molar-refractivity contribution in [2.45, 2.75) is 20.8 Å². The van der Waals surface area contributed by atoms with Crippen LogP contribution in [0.4, 0.5) is 0 Å². The van der Waals surface area contributed by atoms with Gasteiger partial charge in [0.05, 0.1) is 7.11 Å². The first kappa shape index (κ1) is 10.5. The molecule has 76 valence electrons. The molecule has 0 aliphatic carbocycles. The Balaban J connectivity index is 3.53. The standard InChI is InChI=1S/C10H13NO3/c1-5-6(2)8(10(12)13)9(14-4)11-7(5)3/h1-4H3,(H,12,13). The molecule has 1 heterocycles.